The molecule has 0 aromatic heterocycles. The first-order valence-electron chi connectivity index (χ1n) is 13.5. The summed E-state index contributed by atoms with van der Waals surface area (Å²) in [5.74, 6) is 0.306. The smallest absolute Gasteiger partial charge is 0.295 e. The molecule has 1 aliphatic rings. The van der Waals surface area contributed by atoms with Gasteiger partial charge in [-0.15, -0.1) is 0 Å². The Morgan fingerprint density at radius 1 is 0.974 bits per heavy atom. The van der Waals surface area contributed by atoms with Crippen molar-refractivity contribution in [1.29, 1.82) is 0 Å². The highest BCUT2D eigenvalue weighted by atomic mass is 16.5. The molecule has 1 unspecified atom stereocenters. The standard InChI is InChI=1S/C31H41NO6/c1-6-7-8-18-37-24-12-10-23(11-13-24)28-27(30(34)31(35)32(28)16-9-17-36-5)29(33)26-15-14-25(19-22(26)4)38-20-21(2)3/h10-15,19,21,28,33H,6-9,16-18,20H2,1-5H3. The number of aliphatic hydroxyl groups excluding tert-OH is 1. The lowest BCUT2D eigenvalue weighted by molar-refractivity contribution is -0.140. The summed E-state index contributed by atoms with van der Waals surface area (Å²) < 4.78 is 16.8. The number of hydrogen-bond donors (Lipinski definition) is 1. The number of aliphatic hydroxyl groups is 1. The minimum Gasteiger partial charge on any atom is -0.507 e. The molecule has 0 radical (unpaired) electrons. The van der Waals surface area contributed by atoms with Gasteiger partial charge in [0.1, 0.15) is 17.3 Å². The van der Waals surface area contributed by atoms with Crippen LogP contribution in [0.3, 0.4) is 0 Å². The SMILES string of the molecule is CCCCCOc1ccc(C2C(=C(O)c3ccc(OCC(C)C)cc3C)C(=O)C(=O)N2CCCOC)cc1. The molecule has 1 amide bonds. The van der Waals surface area contributed by atoms with Crippen LogP contribution in [0.5, 0.6) is 11.5 Å². The zero-order valence-corrected chi connectivity index (χ0v) is 23.3. The Morgan fingerprint density at radius 3 is 2.32 bits per heavy atom. The summed E-state index contributed by atoms with van der Waals surface area (Å²) in [6.07, 6.45) is 3.79. The van der Waals surface area contributed by atoms with Crippen molar-refractivity contribution in [2.24, 2.45) is 5.92 Å². The minimum atomic E-state index is -0.711. The molecule has 206 valence electrons. The lowest BCUT2D eigenvalue weighted by atomic mass is 9.93. The summed E-state index contributed by atoms with van der Waals surface area (Å²) in [4.78, 5) is 27.9. The molecule has 3 rings (SSSR count). The third-order valence-electron chi connectivity index (χ3n) is 6.54. The number of rotatable bonds is 14. The first kappa shape index (κ1) is 29.2. The molecule has 7 nitrogen and oxygen atoms in total. The second-order valence-corrected chi connectivity index (χ2v) is 10.1. The summed E-state index contributed by atoms with van der Waals surface area (Å²) in [7, 11) is 1.60. The Labute approximate surface area is 226 Å². The number of ether oxygens (including phenoxy) is 3. The zero-order chi connectivity index (χ0) is 27.7. The van der Waals surface area contributed by atoms with E-state index in [2.05, 4.69) is 20.8 Å². The fourth-order valence-corrected chi connectivity index (χ4v) is 4.52. The van der Waals surface area contributed by atoms with Crippen LogP contribution in [0.4, 0.5) is 0 Å². The van der Waals surface area contributed by atoms with E-state index in [9.17, 15) is 14.7 Å². The lowest BCUT2D eigenvalue weighted by Gasteiger charge is -2.25. The summed E-state index contributed by atoms with van der Waals surface area (Å²) >= 11 is 0. The van der Waals surface area contributed by atoms with E-state index in [1.165, 1.54) is 4.90 Å². The van der Waals surface area contributed by atoms with E-state index >= 15 is 0 Å². The zero-order valence-electron chi connectivity index (χ0n) is 23.3. The van der Waals surface area contributed by atoms with E-state index in [1.54, 1.807) is 19.2 Å². The van der Waals surface area contributed by atoms with Crippen LogP contribution in [0, 0.1) is 12.8 Å². The first-order chi connectivity index (χ1) is 18.3. The summed E-state index contributed by atoms with van der Waals surface area (Å²) in [5.41, 5.74) is 2.07. The number of nitrogens with zero attached hydrogens (tertiary/aromatic N) is 1. The molecule has 1 heterocycles. The summed E-state index contributed by atoms with van der Waals surface area (Å²) in [6, 6.07) is 12.1. The van der Waals surface area contributed by atoms with E-state index in [0.717, 1.165) is 36.1 Å². The molecule has 1 saturated heterocycles. The number of likely N-dealkylation sites (tertiary alicyclic amines) is 1. The van der Waals surface area contributed by atoms with Crippen LogP contribution in [0.1, 0.15) is 69.2 Å². The molecule has 1 fully saturated rings. The third-order valence-corrected chi connectivity index (χ3v) is 6.54. The normalized spacial score (nSPS) is 16.9. The van der Waals surface area contributed by atoms with Gasteiger partial charge in [0.15, 0.2) is 0 Å². The van der Waals surface area contributed by atoms with Gasteiger partial charge in [-0.1, -0.05) is 45.7 Å². The third kappa shape index (κ3) is 7.16. The van der Waals surface area contributed by atoms with Gasteiger partial charge in [0.2, 0.25) is 0 Å². The minimum absolute atomic E-state index is 0.0861. The second kappa shape index (κ2) is 14.0. The molecule has 1 N–H and O–H groups in total. The van der Waals surface area contributed by atoms with E-state index < -0.39 is 17.7 Å². The molecular weight excluding hydrogens is 482 g/mol. The Hall–Kier alpha value is -3.32. The van der Waals surface area contributed by atoms with Gasteiger partial charge in [0, 0.05) is 25.8 Å². The van der Waals surface area contributed by atoms with Crippen LogP contribution >= 0.6 is 0 Å². The maximum absolute atomic E-state index is 13.3. The Kier molecular flexibility index (Phi) is 10.8. The van der Waals surface area contributed by atoms with Crippen LogP contribution in [-0.2, 0) is 14.3 Å². The van der Waals surface area contributed by atoms with Crippen LogP contribution in [0.15, 0.2) is 48.0 Å². The largest absolute Gasteiger partial charge is 0.507 e. The van der Waals surface area contributed by atoms with E-state index in [4.69, 9.17) is 14.2 Å². The Morgan fingerprint density at radius 2 is 1.68 bits per heavy atom. The number of carbonyl (C=O) groups excluding carboxylic acids is 2. The van der Waals surface area contributed by atoms with Gasteiger partial charge in [0.05, 0.1) is 24.8 Å². The van der Waals surface area contributed by atoms with Crippen LogP contribution in [0.2, 0.25) is 0 Å². The van der Waals surface area contributed by atoms with E-state index in [0.29, 0.717) is 50.0 Å². The molecule has 7 heteroatoms. The second-order valence-electron chi connectivity index (χ2n) is 10.1. The molecule has 1 aliphatic heterocycles. The molecule has 0 bridgehead atoms. The van der Waals surface area contributed by atoms with Gasteiger partial charge < -0.3 is 24.2 Å². The van der Waals surface area contributed by atoms with E-state index in [-0.39, 0.29) is 11.3 Å². The van der Waals surface area contributed by atoms with Crippen LogP contribution in [-0.4, -0.2) is 55.2 Å². The molecule has 2 aromatic rings. The quantitative estimate of drug-likeness (QED) is 0.140. The van der Waals surface area contributed by atoms with Crippen LogP contribution in [0.25, 0.3) is 5.76 Å². The van der Waals surface area contributed by atoms with Crippen molar-refractivity contribution in [1.82, 2.24) is 4.90 Å². The molecule has 0 saturated carbocycles. The number of hydrogen-bond acceptors (Lipinski definition) is 6. The van der Waals surface area contributed by atoms with Gasteiger partial charge in [-0.3, -0.25) is 9.59 Å². The molecule has 0 spiro atoms. The average Bonchev–Trinajstić information content (AvgIpc) is 3.15. The first-order valence-corrected chi connectivity index (χ1v) is 13.5. The fraction of sp³-hybridized carbons (Fsp3) is 0.484. The average molecular weight is 524 g/mol. The monoisotopic (exact) mass is 523 g/mol. The number of carbonyl (C=O) groups is 2. The van der Waals surface area contributed by atoms with Crippen LogP contribution < -0.4 is 9.47 Å². The molecule has 2 aromatic carbocycles. The van der Waals surface area contributed by atoms with Gasteiger partial charge in [-0.25, -0.2) is 0 Å². The number of benzene rings is 2. The van der Waals surface area contributed by atoms with Gasteiger partial charge in [-0.2, -0.15) is 0 Å². The number of aryl methyl sites for hydroxylation is 1. The predicted octanol–water partition coefficient (Wildman–Crippen LogP) is 6.06. The molecule has 0 aliphatic carbocycles. The molecule has 1 atom stereocenters. The van der Waals surface area contributed by atoms with Crippen molar-refractivity contribution in [2.45, 2.75) is 59.4 Å². The number of ketones is 1. The molecule has 38 heavy (non-hydrogen) atoms. The number of unbranched alkanes of at least 4 members (excludes halogenated alkanes) is 2. The highest BCUT2D eigenvalue weighted by molar-refractivity contribution is 6.46. The van der Waals surface area contributed by atoms with E-state index in [1.807, 2.05) is 37.3 Å². The number of Topliss-reactive ketones (excluding diaryl/α,β-unsaturated/α-hetero) is 1. The summed E-state index contributed by atoms with van der Waals surface area (Å²) in [6.45, 7) is 10.1. The Bertz CT molecular complexity index is 1120. The lowest BCUT2D eigenvalue weighted by Crippen LogP contribution is -2.31. The van der Waals surface area contributed by atoms with Gasteiger partial charge in [-0.05, 0) is 67.1 Å². The summed E-state index contributed by atoms with van der Waals surface area (Å²) in [5, 5.41) is 11.4. The maximum atomic E-state index is 13.3. The molecular formula is C31H41NO6. The van der Waals surface area contributed by atoms with Gasteiger partial charge >= 0.3 is 0 Å². The number of amides is 1. The highest BCUT2D eigenvalue weighted by Crippen LogP contribution is 2.40. The topological polar surface area (TPSA) is 85.3 Å². The predicted molar refractivity (Wildman–Crippen MR) is 148 cm³/mol. The van der Waals surface area contributed by atoms with Crippen molar-refractivity contribution in [3.8, 4) is 11.5 Å². The van der Waals surface area contributed by atoms with Crippen molar-refractivity contribution in [2.75, 3.05) is 33.5 Å². The maximum Gasteiger partial charge on any atom is 0.295 e. The van der Waals surface area contributed by atoms with Crippen molar-refractivity contribution in [3.05, 3.63) is 64.7 Å². The highest BCUT2D eigenvalue weighted by Gasteiger charge is 2.45. The van der Waals surface area contributed by atoms with Crippen molar-refractivity contribution >= 4 is 17.4 Å². The fourth-order valence-electron chi connectivity index (χ4n) is 4.52. The van der Waals surface area contributed by atoms with Gasteiger partial charge in [0.25, 0.3) is 11.7 Å². The Balaban J connectivity index is 1.97. The number of methoxy groups -OCH3 is 1. The van der Waals surface area contributed by atoms with Crippen molar-refractivity contribution in [3.63, 3.8) is 0 Å². The van der Waals surface area contributed by atoms with Crippen molar-refractivity contribution < 1.29 is 28.9 Å².